The van der Waals surface area contributed by atoms with Crippen molar-refractivity contribution in [1.29, 1.82) is 0 Å². The Morgan fingerprint density at radius 1 is 0.667 bits per heavy atom. The van der Waals surface area contributed by atoms with Gasteiger partial charge in [-0.15, -0.1) is 0 Å². The van der Waals surface area contributed by atoms with Crippen LogP contribution in [0.4, 0.5) is 0 Å². The summed E-state index contributed by atoms with van der Waals surface area (Å²) in [7, 11) is 0. The Morgan fingerprint density at radius 2 is 1.19 bits per heavy atom. The van der Waals surface area contributed by atoms with E-state index in [1.54, 1.807) is 6.07 Å². The minimum atomic E-state index is 0.481. The number of halogens is 1. The molecule has 0 fully saturated rings. The van der Waals surface area contributed by atoms with Crippen LogP contribution in [0.5, 0.6) is 0 Å². The van der Waals surface area contributed by atoms with Crippen molar-refractivity contribution in [3.05, 3.63) is 83.4 Å². The summed E-state index contributed by atoms with van der Waals surface area (Å²) in [4.78, 5) is 11.0. The molecule has 0 spiro atoms. The van der Waals surface area contributed by atoms with Crippen LogP contribution in [-0.4, -0.2) is 6.29 Å². The Morgan fingerprint density at radius 3 is 1.81 bits per heavy atom. The molecule has 0 atom stereocenters. The van der Waals surface area contributed by atoms with E-state index >= 15 is 0 Å². The fraction of sp³-hybridized carbons (Fsp3) is 0. The first-order valence-electron chi connectivity index (χ1n) is 6.68. The van der Waals surface area contributed by atoms with E-state index in [-0.39, 0.29) is 0 Å². The molecule has 0 aromatic heterocycles. The molecule has 0 N–H and O–H groups in total. The van der Waals surface area contributed by atoms with Crippen LogP contribution in [0.15, 0.2) is 72.8 Å². The predicted octanol–water partition coefficient (Wildman–Crippen LogP) is 5.49. The van der Waals surface area contributed by atoms with Crippen molar-refractivity contribution in [2.24, 2.45) is 0 Å². The summed E-state index contributed by atoms with van der Waals surface area (Å²) in [5.74, 6) is 0. The van der Waals surface area contributed by atoms with Gasteiger partial charge in [-0.3, -0.25) is 4.79 Å². The molecule has 3 rings (SSSR count). The van der Waals surface area contributed by atoms with Gasteiger partial charge in [0.05, 0.1) is 5.02 Å². The third-order valence-electron chi connectivity index (χ3n) is 3.45. The first kappa shape index (κ1) is 13.6. The Kier molecular flexibility index (Phi) is 3.85. The van der Waals surface area contributed by atoms with Gasteiger partial charge in [0.25, 0.3) is 0 Å². The number of aldehydes is 1. The molecule has 0 radical (unpaired) electrons. The second kappa shape index (κ2) is 5.94. The molecule has 0 aliphatic carbocycles. The second-order valence-electron chi connectivity index (χ2n) is 4.80. The van der Waals surface area contributed by atoms with Gasteiger partial charge in [-0.2, -0.15) is 0 Å². The van der Waals surface area contributed by atoms with Crippen LogP contribution in [0.25, 0.3) is 22.3 Å². The summed E-state index contributed by atoms with van der Waals surface area (Å²) in [6.45, 7) is 0. The molecule has 0 bridgehead atoms. The van der Waals surface area contributed by atoms with Gasteiger partial charge >= 0.3 is 0 Å². The standard InChI is InChI=1S/C19H13ClO/c20-19-11-10-17(12-18(19)13-21)16-8-6-15(7-9-16)14-4-2-1-3-5-14/h1-13H. The zero-order valence-corrected chi connectivity index (χ0v) is 12.0. The maximum atomic E-state index is 11.0. The monoisotopic (exact) mass is 292 g/mol. The Hall–Kier alpha value is -2.38. The fourth-order valence-corrected chi connectivity index (χ4v) is 2.46. The summed E-state index contributed by atoms with van der Waals surface area (Å²) in [5.41, 5.74) is 4.93. The van der Waals surface area contributed by atoms with E-state index in [0.29, 0.717) is 10.6 Å². The molecule has 3 aromatic rings. The van der Waals surface area contributed by atoms with Gasteiger partial charge in [0, 0.05) is 5.56 Å². The zero-order valence-electron chi connectivity index (χ0n) is 11.3. The molecular weight excluding hydrogens is 280 g/mol. The molecule has 0 aliphatic heterocycles. The molecule has 0 heterocycles. The molecule has 0 saturated heterocycles. The number of carbonyl (C=O) groups is 1. The van der Waals surface area contributed by atoms with Crippen molar-refractivity contribution in [2.75, 3.05) is 0 Å². The quantitative estimate of drug-likeness (QED) is 0.584. The molecule has 3 aromatic carbocycles. The van der Waals surface area contributed by atoms with E-state index < -0.39 is 0 Å². The maximum absolute atomic E-state index is 11.0. The number of hydrogen-bond donors (Lipinski definition) is 0. The Labute approximate surface area is 128 Å². The fourth-order valence-electron chi connectivity index (χ4n) is 2.30. The van der Waals surface area contributed by atoms with Crippen LogP contribution < -0.4 is 0 Å². The van der Waals surface area contributed by atoms with E-state index in [0.717, 1.165) is 17.4 Å². The van der Waals surface area contributed by atoms with Crippen LogP contribution in [0.3, 0.4) is 0 Å². The minimum Gasteiger partial charge on any atom is -0.298 e. The highest BCUT2D eigenvalue weighted by molar-refractivity contribution is 6.33. The Bertz CT molecular complexity index is 761. The third kappa shape index (κ3) is 2.88. The maximum Gasteiger partial charge on any atom is 0.151 e. The molecule has 0 saturated carbocycles. The highest BCUT2D eigenvalue weighted by atomic mass is 35.5. The van der Waals surface area contributed by atoms with Gasteiger partial charge in [0.2, 0.25) is 0 Å². The zero-order chi connectivity index (χ0) is 14.7. The summed E-state index contributed by atoms with van der Waals surface area (Å²) in [6, 6.07) is 24.0. The summed E-state index contributed by atoms with van der Waals surface area (Å²) in [6.07, 6.45) is 0.782. The highest BCUT2D eigenvalue weighted by Crippen LogP contribution is 2.27. The molecule has 102 valence electrons. The normalized spacial score (nSPS) is 10.3. The smallest absolute Gasteiger partial charge is 0.151 e. The topological polar surface area (TPSA) is 17.1 Å². The number of benzene rings is 3. The van der Waals surface area contributed by atoms with Crippen LogP contribution in [0.1, 0.15) is 10.4 Å². The van der Waals surface area contributed by atoms with Gasteiger partial charge in [-0.05, 0) is 34.4 Å². The highest BCUT2D eigenvalue weighted by Gasteiger charge is 2.04. The molecule has 21 heavy (non-hydrogen) atoms. The van der Waals surface area contributed by atoms with Gasteiger partial charge in [0.15, 0.2) is 6.29 Å². The second-order valence-corrected chi connectivity index (χ2v) is 5.20. The van der Waals surface area contributed by atoms with Crippen molar-refractivity contribution in [3.8, 4) is 22.3 Å². The predicted molar refractivity (Wildman–Crippen MR) is 87.7 cm³/mol. The number of rotatable bonds is 3. The summed E-state index contributed by atoms with van der Waals surface area (Å²) < 4.78 is 0. The molecule has 2 heteroatoms. The lowest BCUT2D eigenvalue weighted by Gasteiger charge is -2.06. The van der Waals surface area contributed by atoms with Gasteiger partial charge in [0.1, 0.15) is 0 Å². The van der Waals surface area contributed by atoms with E-state index in [4.69, 9.17) is 11.6 Å². The first-order valence-corrected chi connectivity index (χ1v) is 7.06. The lowest BCUT2D eigenvalue weighted by Crippen LogP contribution is -1.85. The van der Waals surface area contributed by atoms with Crippen molar-refractivity contribution in [3.63, 3.8) is 0 Å². The van der Waals surface area contributed by atoms with E-state index in [1.165, 1.54) is 11.1 Å². The van der Waals surface area contributed by atoms with Crippen molar-refractivity contribution in [1.82, 2.24) is 0 Å². The third-order valence-corrected chi connectivity index (χ3v) is 3.79. The van der Waals surface area contributed by atoms with E-state index in [9.17, 15) is 4.79 Å². The largest absolute Gasteiger partial charge is 0.298 e. The number of hydrogen-bond acceptors (Lipinski definition) is 1. The SMILES string of the molecule is O=Cc1cc(-c2ccc(-c3ccccc3)cc2)ccc1Cl. The lowest BCUT2D eigenvalue weighted by atomic mass is 9.99. The van der Waals surface area contributed by atoms with Gasteiger partial charge in [-0.25, -0.2) is 0 Å². The first-order chi connectivity index (χ1) is 10.3. The molecule has 0 amide bonds. The molecular formula is C19H13ClO. The minimum absolute atomic E-state index is 0.481. The van der Waals surface area contributed by atoms with Crippen molar-refractivity contribution < 1.29 is 4.79 Å². The van der Waals surface area contributed by atoms with Crippen molar-refractivity contribution >= 4 is 17.9 Å². The molecule has 0 unspecified atom stereocenters. The Balaban J connectivity index is 1.96. The van der Waals surface area contributed by atoms with Crippen LogP contribution in [0, 0.1) is 0 Å². The van der Waals surface area contributed by atoms with Gasteiger partial charge in [-0.1, -0.05) is 72.3 Å². The van der Waals surface area contributed by atoms with Gasteiger partial charge < -0.3 is 0 Å². The lowest BCUT2D eigenvalue weighted by molar-refractivity contribution is 0.112. The van der Waals surface area contributed by atoms with Crippen LogP contribution in [0.2, 0.25) is 5.02 Å². The molecule has 1 nitrogen and oxygen atoms in total. The van der Waals surface area contributed by atoms with E-state index in [1.807, 2.05) is 30.3 Å². The molecule has 0 aliphatic rings. The summed E-state index contributed by atoms with van der Waals surface area (Å²) in [5, 5.41) is 0.481. The summed E-state index contributed by atoms with van der Waals surface area (Å²) >= 11 is 5.96. The van der Waals surface area contributed by atoms with Crippen LogP contribution in [-0.2, 0) is 0 Å². The average molecular weight is 293 g/mol. The van der Waals surface area contributed by atoms with E-state index in [2.05, 4.69) is 36.4 Å². The number of carbonyl (C=O) groups excluding carboxylic acids is 1. The van der Waals surface area contributed by atoms with Crippen LogP contribution >= 0.6 is 11.6 Å². The van der Waals surface area contributed by atoms with Crippen molar-refractivity contribution in [2.45, 2.75) is 0 Å². The average Bonchev–Trinajstić information content (AvgIpc) is 2.56.